The summed E-state index contributed by atoms with van der Waals surface area (Å²) in [6, 6.07) is 25.5. The fraction of sp³-hybridized carbons (Fsp3) is 0.429. The summed E-state index contributed by atoms with van der Waals surface area (Å²) < 4.78 is 26.2. The van der Waals surface area contributed by atoms with Crippen LogP contribution in [0.15, 0.2) is 114 Å². The van der Waals surface area contributed by atoms with Crippen LogP contribution in [0.2, 0.25) is 0 Å². The zero-order chi connectivity index (χ0) is 34.6. The highest BCUT2D eigenvalue weighted by Gasteiger charge is 2.24. The average molecular weight is 618 g/mol. The number of aryl methyl sites for hydroxylation is 1. The molecule has 0 saturated heterocycles. The summed E-state index contributed by atoms with van der Waals surface area (Å²) in [5.41, 5.74) is 14.4. The lowest BCUT2D eigenvalue weighted by Gasteiger charge is -2.18. The first kappa shape index (κ1) is 41.5. The fourth-order valence-electron chi connectivity index (χ4n) is 4.70. The molecule has 1 unspecified atom stereocenters. The Morgan fingerprint density at radius 2 is 1.29 bits per heavy atom. The normalized spacial score (nSPS) is 12.4. The van der Waals surface area contributed by atoms with Gasteiger partial charge in [-0.2, -0.15) is 0 Å². The number of nitrogens with two attached hydrogens (primary N) is 1. The van der Waals surface area contributed by atoms with Gasteiger partial charge >= 0.3 is 0 Å². The van der Waals surface area contributed by atoms with Crippen LogP contribution < -0.4 is 5.73 Å². The molecule has 0 aromatic heterocycles. The molecule has 3 aromatic rings. The number of allylic oxidation sites excluding steroid dienone is 4. The van der Waals surface area contributed by atoms with Crippen molar-refractivity contribution in [2.75, 3.05) is 0 Å². The molecule has 0 aliphatic rings. The van der Waals surface area contributed by atoms with E-state index in [0.717, 1.165) is 38.2 Å². The summed E-state index contributed by atoms with van der Waals surface area (Å²) in [5, 5.41) is 0. The van der Waals surface area contributed by atoms with Gasteiger partial charge in [0, 0.05) is 24.1 Å². The molecule has 45 heavy (non-hydrogen) atoms. The molecule has 0 saturated carbocycles. The number of hydrogen-bond acceptors (Lipinski definition) is 1. The second kappa shape index (κ2) is 21.3. The Morgan fingerprint density at radius 3 is 1.67 bits per heavy atom. The van der Waals surface area contributed by atoms with E-state index in [4.69, 9.17) is 5.73 Å². The van der Waals surface area contributed by atoms with E-state index in [1.807, 2.05) is 51.1 Å². The number of alkyl halides is 2. The third-order valence-electron chi connectivity index (χ3n) is 7.46. The topological polar surface area (TPSA) is 26.0 Å². The first-order chi connectivity index (χ1) is 21.2. The van der Waals surface area contributed by atoms with Crippen LogP contribution in [0.3, 0.4) is 0 Å². The maximum atomic E-state index is 13.1. The Bertz CT molecular complexity index is 1270. The molecular formula is C42H61F2N. The molecule has 0 heterocycles. The van der Waals surface area contributed by atoms with Crippen LogP contribution in [0.5, 0.6) is 0 Å². The monoisotopic (exact) mass is 617 g/mol. The summed E-state index contributed by atoms with van der Waals surface area (Å²) in [4.78, 5) is 0. The molecule has 1 nitrogen and oxygen atoms in total. The zero-order valence-corrected chi connectivity index (χ0v) is 30.1. The smallest absolute Gasteiger partial charge is 0.270 e. The molecule has 3 heteroatoms. The van der Waals surface area contributed by atoms with Crippen LogP contribution in [0.4, 0.5) is 8.78 Å². The second-order valence-corrected chi connectivity index (χ2v) is 12.1. The van der Waals surface area contributed by atoms with Gasteiger partial charge in [-0.3, -0.25) is 0 Å². The zero-order valence-electron chi connectivity index (χ0n) is 30.1. The van der Waals surface area contributed by atoms with Crippen molar-refractivity contribution in [3.05, 3.63) is 142 Å². The van der Waals surface area contributed by atoms with Crippen LogP contribution in [-0.2, 0) is 17.8 Å². The van der Waals surface area contributed by atoms with Gasteiger partial charge in [0.25, 0.3) is 5.92 Å². The first-order valence-corrected chi connectivity index (χ1v) is 16.6. The highest BCUT2D eigenvalue weighted by atomic mass is 19.3. The van der Waals surface area contributed by atoms with Crippen molar-refractivity contribution in [3.63, 3.8) is 0 Å². The van der Waals surface area contributed by atoms with Crippen molar-refractivity contribution in [2.24, 2.45) is 5.73 Å². The lowest BCUT2D eigenvalue weighted by atomic mass is 9.86. The Labute approximate surface area is 275 Å². The minimum absolute atomic E-state index is 0.0616. The number of benzene rings is 3. The Balaban J connectivity index is 0.000000645. The summed E-state index contributed by atoms with van der Waals surface area (Å²) in [6.45, 7) is 26.0. The predicted molar refractivity (Wildman–Crippen MR) is 196 cm³/mol. The summed E-state index contributed by atoms with van der Waals surface area (Å²) >= 11 is 0. The van der Waals surface area contributed by atoms with Gasteiger partial charge in [-0.05, 0) is 65.0 Å². The minimum atomic E-state index is -2.77. The van der Waals surface area contributed by atoms with Crippen molar-refractivity contribution in [3.8, 4) is 0 Å². The van der Waals surface area contributed by atoms with Gasteiger partial charge in [0.05, 0.1) is 0 Å². The average Bonchev–Trinajstić information content (AvgIpc) is 3.02. The standard InChI is InChI=1S/C16H16F2.C12H21N.C12H18.C2H6/c1-12(13-6-4-3-5-7-13)14-8-10-15(11-9-14)16(2,17)18;1-5-8-11(9-6-2)12(7-3)10(4)13;1-5-10-6-8-11(9-7-10)12(2,3)4;1-2/h3-12H,1-2H3;5,8H,4,6-7,9,13H2,1-3H3;6-9H,5H2,1-4H3;1-2H3/b;8-5-,12-11+;;. The quantitative estimate of drug-likeness (QED) is 0.238. The molecule has 3 aromatic carbocycles. The van der Waals surface area contributed by atoms with E-state index in [1.54, 1.807) is 12.1 Å². The van der Waals surface area contributed by atoms with E-state index in [1.165, 1.54) is 40.0 Å². The lowest BCUT2D eigenvalue weighted by Crippen LogP contribution is -2.10. The van der Waals surface area contributed by atoms with Gasteiger partial charge in [0.2, 0.25) is 0 Å². The van der Waals surface area contributed by atoms with E-state index in [-0.39, 0.29) is 16.9 Å². The van der Waals surface area contributed by atoms with Gasteiger partial charge in [0.1, 0.15) is 0 Å². The van der Waals surface area contributed by atoms with Crippen LogP contribution in [0.25, 0.3) is 0 Å². The molecule has 0 aliphatic heterocycles. The third kappa shape index (κ3) is 15.4. The molecule has 3 rings (SSSR count). The van der Waals surface area contributed by atoms with Crippen LogP contribution in [-0.4, -0.2) is 0 Å². The number of rotatable bonds is 9. The van der Waals surface area contributed by atoms with Crippen molar-refractivity contribution in [2.45, 2.75) is 119 Å². The molecule has 0 fully saturated rings. The largest absolute Gasteiger partial charge is 0.399 e. The van der Waals surface area contributed by atoms with E-state index >= 15 is 0 Å². The Morgan fingerprint density at radius 1 is 0.800 bits per heavy atom. The molecule has 248 valence electrons. The highest BCUT2D eigenvalue weighted by molar-refractivity contribution is 5.37. The number of halogens is 2. The van der Waals surface area contributed by atoms with E-state index in [9.17, 15) is 8.78 Å². The van der Waals surface area contributed by atoms with E-state index in [2.05, 4.69) is 91.5 Å². The van der Waals surface area contributed by atoms with Crippen molar-refractivity contribution in [1.29, 1.82) is 0 Å². The van der Waals surface area contributed by atoms with Crippen molar-refractivity contribution in [1.82, 2.24) is 0 Å². The number of hydrogen-bond donors (Lipinski definition) is 1. The molecule has 0 radical (unpaired) electrons. The fourth-order valence-corrected chi connectivity index (χ4v) is 4.70. The van der Waals surface area contributed by atoms with Gasteiger partial charge in [-0.25, -0.2) is 8.78 Å². The van der Waals surface area contributed by atoms with Crippen molar-refractivity contribution >= 4 is 0 Å². The SMILES string of the molecule is C=C(N)/C(CC)=C(\C=C/C)CCC.CC.CC(c1ccccc1)c1ccc(C(C)(F)F)cc1.CCc1ccc(C(C)(C)C)cc1. The van der Waals surface area contributed by atoms with Crippen LogP contribution >= 0.6 is 0 Å². The first-order valence-electron chi connectivity index (χ1n) is 16.6. The van der Waals surface area contributed by atoms with Gasteiger partial charge < -0.3 is 5.73 Å². The molecule has 2 N–H and O–H groups in total. The van der Waals surface area contributed by atoms with Gasteiger partial charge in [-0.1, -0.05) is 166 Å². The van der Waals surface area contributed by atoms with Crippen molar-refractivity contribution < 1.29 is 8.78 Å². The molecule has 1 atom stereocenters. The maximum absolute atomic E-state index is 13.1. The summed E-state index contributed by atoms with van der Waals surface area (Å²) in [5.74, 6) is -2.56. The minimum Gasteiger partial charge on any atom is -0.399 e. The second-order valence-electron chi connectivity index (χ2n) is 12.1. The van der Waals surface area contributed by atoms with Gasteiger partial charge in [-0.15, -0.1) is 0 Å². The molecule has 0 spiro atoms. The highest BCUT2D eigenvalue weighted by Crippen LogP contribution is 2.30. The van der Waals surface area contributed by atoms with Crippen LogP contribution in [0.1, 0.15) is 129 Å². The van der Waals surface area contributed by atoms with Crippen LogP contribution in [0, 0.1) is 0 Å². The lowest BCUT2D eigenvalue weighted by molar-refractivity contribution is 0.0174. The van der Waals surface area contributed by atoms with Gasteiger partial charge in [0.15, 0.2) is 0 Å². The Kier molecular flexibility index (Phi) is 19.7. The van der Waals surface area contributed by atoms with E-state index in [0.29, 0.717) is 5.70 Å². The molecule has 0 bridgehead atoms. The maximum Gasteiger partial charge on any atom is 0.270 e. The molecular weight excluding hydrogens is 556 g/mol. The summed E-state index contributed by atoms with van der Waals surface area (Å²) in [6.07, 6.45) is 8.53. The predicted octanol–water partition coefficient (Wildman–Crippen LogP) is 13.1. The van der Waals surface area contributed by atoms with E-state index < -0.39 is 5.92 Å². The molecule has 0 aliphatic carbocycles. The third-order valence-corrected chi connectivity index (χ3v) is 7.46. The summed E-state index contributed by atoms with van der Waals surface area (Å²) in [7, 11) is 0. The Hall–Kier alpha value is -3.46. The molecule has 0 amide bonds.